The number of methoxy groups -OCH3 is 1. The number of nitro groups is 1. The first-order valence-corrected chi connectivity index (χ1v) is 11.3. The maximum Gasteiger partial charge on any atom is 0.340 e. The molecule has 3 aromatic rings. The molecule has 11 heteroatoms. The number of hydrogen-bond acceptors (Lipinski definition) is 7. The standard InChI is InChI=1S/C21H21N3O7S/c1-13-9-10-15(24(27)28)11-19(13)23(32(4,29)30)14(2)20(25)22-12-17(21(26)31-3)16-7-5-6-8-18(16)22/h5-12,14H,1-4H3/t14-/m1/s1. The third kappa shape index (κ3) is 4.06. The first-order chi connectivity index (χ1) is 15.0. The van der Waals surface area contributed by atoms with Crippen molar-refractivity contribution >= 4 is 44.2 Å². The zero-order valence-corrected chi connectivity index (χ0v) is 18.6. The molecule has 0 amide bonds. The van der Waals surface area contributed by atoms with Crippen LogP contribution in [-0.4, -0.2) is 49.2 Å². The number of carbonyl (C=O) groups is 2. The molecule has 0 spiro atoms. The van der Waals surface area contributed by atoms with Gasteiger partial charge in [0.15, 0.2) is 0 Å². The van der Waals surface area contributed by atoms with Crippen LogP contribution in [0.5, 0.6) is 0 Å². The van der Waals surface area contributed by atoms with Gasteiger partial charge in [-0.15, -0.1) is 0 Å². The van der Waals surface area contributed by atoms with Crippen LogP contribution in [0.4, 0.5) is 11.4 Å². The molecule has 10 nitrogen and oxygen atoms in total. The van der Waals surface area contributed by atoms with Crippen LogP contribution in [-0.2, 0) is 14.8 Å². The van der Waals surface area contributed by atoms with E-state index in [1.807, 2.05) is 0 Å². The summed E-state index contributed by atoms with van der Waals surface area (Å²) < 4.78 is 32.2. The number of non-ortho nitro benzene ring substituents is 1. The number of esters is 1. The summed E-state index contributed by atoms with van der Waals surface area (Å²) in [5.74, 6) is -1.29. The third-order valence-electron chi connectivity index (χ3n) is 5.06. The molecule has 0 bridgehead atoms. The number of nitro benzene ring substituents is 1. The number of para-hydroxylation sites is 1. The van der Waals surface area contributed by atoms with Crippen LogP contribution < -0.4 is 4.31 Å². The van der Waals surface area contributed by atoms with Crippen molar-refractivity contribution in [3.63, 3.8) is 0 Å². The van der Waals surface area contributed by atoms with Crippen molar-refractivity contribution in [1.29, 1.82) is 0 Å². The van der Waals surface area contributed by atoms with Crippen LogP contribution >= 0.6 is 0 Å². The summed E-state index contributed by atoms with van der Waals surface area (Å²) in [5.41, 5.74) is 0.703. The lowest BCUT2D eigenvalue weighted by atomic mass is 10.1. The van der Waals surface area contributed by atoms with Crippen molar-refractivity contribution in [2.24, 2.45) is 0 Å². The maximum atomic E-state index is 13.4. The fourth-order valence-electron chi connectivity index (χ4n) is 3.56. The number of benzene rings is 2. The van der Waals surface area contributed by atoms with Crippen LogP contribution in [0.25, 0.3) is 10.9 Å². The topological polar surface area (TPSA) is 129 Å². The molecule has 0 N–H and O–H groups in total. The van der Waals surface area contributed by atoms with Gasteiger partial charge in [0.2, 0.25) is 10.0 Å². The molecule has 0 saturated heterocycles. The molecule has 0 fully saturated rings. The maximum absolute atomic E-state index is 13.4. The number of sulfonamides is 1. The second-order valence-corrected chi connectivity index (χ2v) is 9.08. The monoisotopic (exact) mass is 459 g/mol. The summed E-state index contributed by atoms with van der Waals surface area (Å²) in [6, 6.07) is 9.17. The summed E-state index contributed by atoms with van der Waals surface area (Å²) >= 11 is 0. The number of rotatable bonds is 6. The number of aryl methyl sites for hydroxylation is 1. The molecule has 32 heavy (non-hydrogen) atoms. The molecule has 168 valence electrons. The van der Waals surface area contributed by atoms with Gasteiger partial charge in [0.1, 0.15) is 6.04 Å². The molecule has 0 saturated carbocycles. The molecule has 0 aliphatic heterocycles. The Morgan fingerprint density at radius 3 is 2.44 bits per heavy atom. The van der Waals surface area contributed by atoms with Crippen LogP contribution in [0.3, 0.4) is 0 Å². The van der Waals surface area contributed by atoms with E-state index in [4.69, 9.17) is 4.74 Å². The van der Waals surface area contributed by atoms with Gasteiger partial charge in [0.05, 0.1) is 35.1 Å². The highest BCUT2D eigenvalue weighted by molar-refractivity contribution is 7.92. The van der Waals surface area contributed by atoms with Gasteiger partial charge in [0, 0.05) is 23.7 Å². The van der Waals surface area contributed by atoms with Crippen molar-refractivity contribution in [1.82, 2.24) is 4.57 Å². The van der Waals surface area contributed by atoms with E-state index in [-0.39, 0.29) is 16.9 Å². The number of anilines is 1. The van der Waals surface area contributed by atoms with Crippen LogP contribution in [0.2, 0.25) is 0 Å². The number of hydrogen-bond donors (Lipinski definition) is 0. The Hall–Kier alpha value is -3.73. The van der Waals surface area contributed by atoms with E-state index in [9.17, 15) is 28.1 Å². The van der Waals surface area contributed by atoms with Gasteiger partial charge in [-0.2, -0.15) is 0 Å². The first kappa shape index (κ1) is 22.9. The highest BCUT2D eigenvalue weighted by Gasteiger charge is 2.33. The average Bonchev–Trinajstić information content (AvgIpc) is 3.12. The lowest BCUT2D eigenvalue weighted by Crippen LogP contribution is -2.45. The molecule has 0 unspecified atom stereocenters. The Balaban J connectivity index is 2.17. The Kier molecular flexibility index (Phi) is 6.04. The van der Waals surface area contributed by atoms with Crippen molar-refractivity contribution in [3.05, 3.63) is 69.9 Å². The summed E-state index contributed by atoms with van der Waals surface area (Å²) in [4.78, 5) is 36.2. The molecule has 1 heterocycles. The number of aromatic nitrogens is 1. The fourth-order valence-corrected chi connectivity index (χ4v) is 4.78. The lowest BCUT2D eigenvalue weighted by Gasteiger charge is -2.29. The summed E-state index contributed by atoms with van der Waals surface area (Å²) in [6.45, 7) is 2.98. The predicted octanol–water partition coefficient (Wildman–Crippen LogP) is 3.14. The lowest BCUT2D eigenvalue weighted by molar-refractivity contribution is -0.384. The molecule has 1 aromatic heterocycles. The molecular weight excluding hydrogens is 438 g/mol. The molecule has 1 atom stereocenters. The molecule has 3 rings (SSSR count). The second kappa shape index (κ2) is 8.42. The normalized spacial score (nSPS) is 12.4. The summed E-state index contributed by atoms with van der Waals surface area (Å²) in [7, 11) is -2.80. The van der Waals surface area contributed by atoms with Crippen LogP contribution in [0.1, 0.15) is 27.6 Å². The SMILES string of the molecule is COC(=O)c1cn(C(=O)[C@@H](C)N(c2cc([N+](=O)[O-])ccc2C)S(C)(=O)=O)c2ccccc12. The van der Waals surface area contributed by atoms with E-state index in [1.165, 1.54) is 36.9 Å². The predicted molar refractivity (Wildman–Crippen MR) is 119 cm³/mol. The Labute approximate surface area is 184 Å². The largest absolute Gasteiger partial charge is 0.465 e. The van der Waals surface area contributed by atoms with Gasteiger partial charge in [-0.3, -0.25) is 23.8 Å². The number of fused-ring (bicyclic) bond motifs is 1. The van der Waals surface area contributed by atoms with Crippen molar-refractivity contribution in [2.45, 2.75) is 19.9 Å². The van der Waals surface area contributed by atoms with E-state index in [1.54, 1.807) is 31.2 Å². The molecule has 0 radical (unpaired) electrons. The number of carbonyl (C=O) groups excluding carboxylic acids is 2. The minimum atomic E-state index is -4.02. The van der Waals surface area contributed by atoms with E-state index in [0.717, 1.165) is 16.6 Å². The Morgan fingerprint density at radius 2 is 1.84 bits per heavy atom. The zero-order chi connectivity index (χ0) is 23.8. The first-order valence-electron chi connectivity index (χ1n) is 9.44. The van der Waals surface area contributed by atoms with Gasteiger partial charge < -0.3 is 4.74 Å². The summed E-state index contributed by atoms with van der Waals surface area (Å²) in [6.07, 6.45) is 2.22. The van der Waals surface area contributed by atoms with Gasteiger partial charge in [-0.1, -0.05) is 24.3 Å². The zero-order valence-electron chi connectivity index (χ0n) is 17.8. The van der Waals surface area contributed by atoms with E-state index in [0.29, 0.717) is 16.5 Å². The van der Waals surface area contributed by atoms with Gasteiger partial charge in [-0.25, -0.2) is 13.2 Å². The van der Waals surface area contributed by atoms with Crippen LogP contribution in [0.15, 0.2) is 48.7 Å². The van der Waals surface area contributed by atoms with Gasteiger partial charge in [0.25, 0.3) is 11.6 Å². The average molecular weight is 459 g/mol. The number of ether oxygens (including phenoxy) is 1. The smallest absolute Gasteiger partial charge is 0.340 e. The van der Waals surface area contributed by atoms with Crippen molar-refractivity contribution in [2.75, 3.05) is 17.7 Å². The minimum absolute atomic E-state index is 0.0206. The molecular formula is C21H21N3O7S. The van der Waals surface area contributed by atoms with Gasteiger partial charge >= 0.3 is 5.97 Å². The number of nitrogens with zero attached hydrogens (tertiary/aromatic N) is 3. The van der Waals surface area contributed by atoms with Crippen LogP contribution in [0, 0.1) is 17.0 Å². The second-order valence-electron chi connectivity index (χ2n) is 7.22. The Bertz CT molecular complexity index is 1340. The van der Waals surface area contributed by atoms with E-state index < -0.39 is 32.9 Å². The van der Waals surface area contributed by atoms with Crippen molar-refractivity contribution < 1.29 is 27.7 Å². The van der Waals surface area contributed by atoms with E-state index >= 15 is 0 Å². The highest BCUT2D eigenvalue weighted by atomic mass is 32.2. The van der Waals surface area contributed by atoms with E-state index in [2.05, 4.69) is 0 Å². The quantitative estimate of drug-likeness (QED) is 0.314. The summed E-state index contributed by atoms with van der Waals surface area (Å²) in [5, 5.41) is 11.7. The Morgan fingerprint density at radius 1 is 1.19 bits per heavy atom. The molecule has 0 aliphatic carbocycles. The fraction of sp³-hybridized carbons (Fsp3) is 0.238. The molecule has 2 aromatic carbocycles. The van der Waals surface area contributed by atoms with Crippen molar-refractivity contribution in [3.8, 4) is 0 Å². The third-order valence-corrected chi connectivity index (χ3v) is 6.29. The highest BCUT2D eigenvalue weighted by Crippen LogP contribution is 2.30. The minimum Gasteiger partial charge on any atom is -0.465 e. The van der Waals surface area contributed by atoms with Gasteiger partial charge in [-0.05, 0) is 25.5 Å². The molecule has 0 aliphatic rings.